The van der Waals surface area contributed by atoms with Gasteiger partial charge in [-0.3, -0.25) is 4.79 Å². The van der Waals surface area contributed by atoms with Crippen LogP contribution in [0.25, 0.3) is 10.9 Å². The zero-order chi connectivity index (χ0) is 15.9. The van der Waals surface area contributed by atoms with Crippen LogP contribution < -0.4 is 5.32 Å². The van der Waals surface area contributed by atoms with E-state index in [4.69, 9.17) is 0 Å². The van der Waals surface area contributed by atoms with Crippen LogP contribution in [0.15, 0.2) is 18.2 Å². The number of hydrogen-bond donors (Lipinski definition) is 2. The van der Waals surface area contributed by atoms with Gasteiger partial charge < -0.3 is 10.3 Å². The van der Waals surface area contributed by atoms with Crippen LogP contribution in [-0.2, 0) is 0 Å². The summed E-state index contributed by atoms with van der Waals surface area (Å²) < 4.78 is 0. The zero-order valence-electron chi connectivity index (χ0n) is 14.0. The Morgan fingerprint density at radius 3 is 2.73 bits per heavy atom. The minimum Gasteiger partial charge on any atom is -0.351 e. The number of amides is 1. The van der Waals surface area contributed by atoms with Crippen molar-refractivity contribution in [2.45, 2.75) is 53.0 Å². The highest BCUT2D eigenvalue weighted by molar-refractivity contribution is 5.99. The highest BCUT2D eigenvalue weighted by atomic mass is 16.1. The Bertz CT molecular complexity index is 701. The van der Waals surface area contributed by atoms with Crippen LogP contribution in [0, 0.1) is 25.7 Å². The first kappa shape index (κ1) is 15.1. The molecular formula is C19H26N2O. The lowest BCUT2D eigenvalue weighted by molar-refractivity contribution is 0.0887. The van der Waals surface area contributed by atoms with Crippen molar-refractivity contribution < 1.29 is 4.79 Å². The molecule has 0 saturated heterocycles. The standard InChI is InChI=1S/C19H26N2O/c1-11-8-13(3)15-10-18(20-17(15)9-11)19(22)21-16-7-5-6-12(2)14(16)4/h8-10,12,14,16,20H,5-7H2,1-4H3,(H,21,22)/t12-,14+,16+/m0/s1. The molecule has 2 aromatic rings. The second-order valence-electron chi connectivity index (χ2n) is 7.07. The number of aromatic amines is 1. The Kier molecular flexibility index (Phi) is 3.98. The predicted molar refractivity (Wildman–Crippen MR) is 91.2 cm³/mol. The summed E-state index contributed by atoms with van der Waals surface area (Å²) >= 11 is 0. The highest BCUT2D eigenvalue weighted by Gasteiger charge is 2.28. The number of hydrogen-bond acceptors (Lipinski definition) is 1. The molecule has 22 heavy (non-hydrogen) atoms. The third kappa shape index (κ3) is 2.77. The first-order chi connectivity index (χ1) is 10.5. The first-order valence-corrected chi connectivity index (χ1v) is 8.36. The van der Waals surface area contributed by atoms with Gasteiger partial charge in [0.15, 0.2) is 0 Å². The molecule has 1 aliphatic rings. The summed E-state index contributed by atoms with van der Waals surface area (Å²) in [6.45, 7) is 8.72. The number of benzene rings is 1. The van der Waals surface area contributed by atoms with E-state index in [0.717, 1.165) is 17.3 Å². The Morgan fingerprint density at radius 2 is 1.95 bits per heavy atom. The number of H-pyrrole nitrogens is 1. The quantitative estimate of drug-likeness (QED) is 0.851. The Hall–Kier alpha value is -1.77. The topological polar surface area (TPSA) is 44.9 Å². The van der Waals surface area contributed by atoms with Crippen molar-refractivity contribution in [1.82, 2.24) is 10.3 Å². The van der Waals surface area contributed by atoms with Gasteiger partial charge in [0.05, 0.1) is 0 Å². The lowest BCUT2D eigenvalue weighted by Crippen LogP contribution is -2.43. The average Bonchev–Trinajstić information content (AvgIpc) is 2.88. The molecule has 1 aromatic heterocycles. The normalized spacial score (nSPS) is 25.4. The summed E-state index contributed by atoms with van der Waals surface area (Å²) in [5.41, 5.74) is 4.15. The van der Waals surface area contributed by atoms with Crippen LogP contribution >= 0.6 is 0 Å². The third-order valence-corrected chi connectivity index (χ3v) is 5.36. The van der Waals surface area contributed by atoms with E-state index in [0.29, 0.717) is 23.6 Å². The van der Waals surface area contributed by atoms with E-state index in [1.54, 1.807) is 0 Å². The van der Waals surface area contributed by atoms with Gasteiger partial charge in [0.25, 0.3) is 5.91 Å². The molecule has 1 heterocycles. The van der Waals surface area contributed by atoms with Gasteiger partial charge in [-0.1, -0.05) is 32.8 Å². The van der Waals surface area contributed by atoms with Gasteiger partial charge in [-0.2, -0.15) is 0 Å². The van der Waals surface area contributed by atoms with E-state index in [1.165, 1.54) is 24.0 Å². The fourth-order valence-electron chi connectivity index (χ4n) is 3.75. The molecule has 3 rings (SSSR count). The van der Waals surface area contributed by atoms with Gasteiger partial charge in [-0.15, -0.1) is 0 Å². The molecule has 0 bridgehead atoms. The van der Waals surface area contributed by atoms with Gasteiger partial charge in [0.1, 0.15) is 5.69 Å². The van der Waals surface area contributed by atoms with E-state index in [9.17, 15) is 4.79 Å². The molecular weight excluding hydrogens is 272 g/mol. The molecule has 3 heteroatoms. The largest absolute Gasteiger partial charge is 0.351 e. The van der Waals surface area contributed by atoms with Crippen molar-refractivity contribution in [2.24, 2.45) is 11.8 Å². The monoisotopic (exact) mass is 298 g/mol. The van der Waals surface area contributed by atoms with Crippen LogP contribution in [-0.4, -0.2) is 16.9 Å². The highest BCUT2D eigenvalue weighted by Crippen LogP contribution is 2.30. The maximum atomic E-state index is 12.6. The molecule has 118 valence electrons. The lowest BCUT2D eigenvalue weighted by Gasteiger charge is -2.34. The van der Waals surface area contributed by atoms with Crippen LogP contribution in [0.5, 0.6) is 0 Å². The fraction of sp³-hybridized carbons (Fsp3) is 0.526. The van der Waals surface area contributed by atoms with E-state index in [1.807, 2.05) is 6.07 Å². The van der Waals surface area contributed by atoms with Gasteiger partial charge in [-0.05, 0) is 55.4 Å². The molecule has 1 fully saturated rings. The molecule has 0 aliphatic heterocycles. The molecule has 1 amide bonds. The van der Waals surface area contributed by atoms with Crippen LogP contribution in [0.3, 0.4) is 0 Å². The minimum atomic E-state index is 0.0270. The maximum Gasteiger partial charge on any atom is 0.267 e. The van der Waals surface area contributed by atoms with Gasteiger partial charge >= 0.3 is 0 Å². The number of nitrogens with one attached hydrogen (secondary N) is 2. The van der Waals surface area contributed by atoms with Crippen molar-refractivity contribution in [3.05, 3.63) is 35.0 Å². The number of aromatic nitrogens is 1. The molecule has 1 aliphatic carbocycles. The van der Waals surface area contributed by atoms with Crippen LogP contribution in [0.1, 0.15) is 54.7 Å². The van der Waals surface area contributed by atoms with Crippen molar-refractivity contribution in [2.75, 3.05) is 0 Å². The van der Waals surface area contributed by atoms with Crippen molar-refractivity contribution in [1.29, 1.82) is 0 Å². The van der Waals surface area contributed by atoms with Crippen molar-refractivity contribution in [3.8, 4) is 0 Å². The molecule has 0 spiro atoms. The minimum absolute atomic E-state index is 0.0270. The summed E-state index contributed by atoms with van der Waals surface area (Å²) in [5, 5.41) is 4.38. The maximum absolute atomic E-state index is 12.6. The number of carbonyl (C=O) groups excluding carboxylic acids is 1. The molecule has 2 N–H and O–H groups in total. The van der Waals surface area contributed by atoms with Crippen LogP contribution in [0.4, 0.5) is 0 Å². The third-order valence-electron chi connectivity index (χ3n) is 5.36. The second kappa shape index (κ2) is 5.79. The summed E-state index contributed by atoms with van der Waals surface area (Å²) in [6.07, 6.45) is 3.58. The summed E-state index contributed by atoms with van der Waals surface area (Å²) in [7, 11) is 0. The van der Waals surface area contributed by atoms with E-state index < -0.39 is 0 Å². The van der Waals surface area contributed by atoms with Gasteiger partial charge in [0, 0.05) is 16.9 Å². The molecule has 0 radical (unpaired) electrons. The molecule has 1 aromatic carbocycles. The first-order valence-electron chi connectivity index (χ1n) is 8.36. The van der Waals surface area contributed by atoms with Gasteiger partial charge in [0.2, 0.25) is 0 Å². The lowest BCUT2D eigenvalue weighted by atomic mass is 9.78. The smallest absolute Gasteiger partial charge is 0.267 e. The molecule has 3 nitrogen and oxygen atoms in total. The van der Waals surface area contributed by atoms with Crippen molar-refractivity contribution >= 4 is 16.8 Å². The fourth-order valence-corrected chi connectivity index (χ4v) is 3.75. The number of aryl methyl sites for hydroxylation is 2. The van der Waals surface area contributed by atoms with E-state index in [-0.39, 0.29) is 5.91 Å². The average molecular weight is 298 g/mol. The zero-order valence-corrected chi connectivity index (χ0v) is 14.0. The van der Waals surface area contributed by atoms with Crippen LogP contribution in [0.2, 0.25) is 0 Å². The van der Waals surface area contributed by atoms with Gasteiger partial charge in [-0.25, -0.2) is 0 Å². The summed E-state index contributed by atoms with van der Waals surface area (Å²) in [4.78, 5) is 15.9. The van der Waals surface area contributed by atoms with Crippen molar-refractivity contribution in [3.63, 3.8) is 0 Å². The molecule has 0 unspecified atom stereocenters. The Morgan fingerprint density at radius 1 is 1.18 bits per heavy atom. The van der Waals surface area contributed by atoms with E-state index in [2.05, 4.69) is 50.1 Å². The summed E-state index contributed by atoms with van der Waals surface area (Å²) in [6, 6.07) is 6.54. The Labute approximate surface area is 132 Å². The predicted octanol–water partition coefficient (Wildman–Crippen LogP) is 4.34. The second-order valence-corrected chi connectivity index (χ2v) is 7.07. The Balaban J connectivity index is 1.82. The number of carbonyl (C=O) groups is 1. The molecule has 3 atom stereocenters. The SMILES string of the molecule is Cc1cc(C)c2cc(C(=O)N[C@@H]3CCC[C@H](C)[C@H]3C)[nH]c2c1. The molecule has 1 saturated carbocycles. The summed E-state index contributed by atoms with van der Waals surface area (Å²) in [5.74, 6) is 1.26. The number of rotatable bonds is 2. The number of fused-ring (bicyclic) bond motifs is 1. The van der Waals surface area contributed by atoms with E-state index >= 15 is 0 Å².